The SMILES string of the molecule is CCOC(=O)c1cnc(NC(=S)NCc2ccccc2Cl)nc1C. The predicted octanol–water partition coefficient (Wildman–Crippen LogP) is 3.10. The Bertz CT molecular complexity index is 755. The summed E-state index contributed by atoms with van der Waals surface area (Å²) in [5.74, 6) is -0.141. The summed E-state index contributed by atoms with van der Waals surface area (Å²) in [6, 6.07) is 7.49. The fraction of sp³-hybridized carbons (Fsp3) is 0.250. The highest BCUT2D eigenvalue weighted by Crippen LogP contribution is 2.14. The molecule has 0 saturated carbocycles. The van der Waals surface area contributed by atoms with Crippen LogP contribution in [0.2, 0.25) is 5.02 Å². The summed E-state index contributed by atoms with van der Waals surface area (Å²) in [6.07, 6.45) is 1.42. The molecule has 0 bridgehead atoms. The molecule has 8 heteroatoms. The van der Waals surface area contributed by atoms with Gasteiger partial charge in [-0.15, -0.1) is 0 Å². The Labute approximate surface area is 150 Å². The van der Waals surface area contributed by atoms with Gasteiger partial charge in [0.05, 0.1) is 17.9 Å². The van der Waals surface area contributed by atoms with Crippen LogP contribution in [0.3, 0.4) is 0 Å². The Hall–Kier alpha value is -2.25. The summed E-state index contributed by atoms with van der Waals surface area (Å²) in [6.45, 7) is 4.23. The van der Waals surface area contributed by atoms with Gasteiger partial charge in [0, 0.05) is 17.8 Å². The third-order valence-corrected chi connectivity index (χ3v) is 3.71. The van der Waals surface area contributed by atoms with Gasteiger partial charge in [-0.25, -0.2) is 14.8 Å². The number of halogens is 1. The van der Waals surface area contributed by atoms with E-state index in [9.17, 15) is 4.79 Å². The van der Waals surface area contributed by atoms with E-state index in [1.807, 2.05) is 24.3 Å². The lowest BCUT2D eigenvalue weighted by Crippen LogP contribution is -2.29. The van der Waals surface area contributed by atoms with Crippen LogP contribution in [0.15, 0.2) is 30.5 Å². The van der Waals surface area contributed by atoms with Crippen molar-refractivity contribution in [3.63, 3.8) is 0 Å². The first kappa shape index (κ1) is 18.1. The molecule has 24 heavy (non-hydrogen) atoms. The van der Waals surface area contributed by atoms with Crippen molar-refractivity contribution in [1.82, 2.24) is 15.3 Å². The number of hydrogen-bond acceptors (Lipinski definition) is 5. The number of ether oxygens (including phenoxy) is 1. The van der Waals surface area contributed by atoms with Crippen molar-refractivity contribution < 1.29 is 9.53 Å². The lowest BCUT2D eigenvalue weighted by Gasteiger charge is -2.11. The smallest absolute Gasteiger partial charge is 0.341 e. The van der Waals surface area contributed by atoms with Crippen molar-refractivity contribution in [1.29, 1.82) is 0 Å². The zero-order valence-electron chi connectivity index (χ0n) is 13.3. The number of aryl methyl sites for hydroxylation is 1. The van der Waals surface area contributed by atoms with Crippen LogP contribution in [0.5, 0.6) is 0 Å². The average Bonchev–Trinajstić information content (AvgIpc) is 2.54. The van der Waals surface area contributed by atoms with Crippen LogP contribution in [-0.2, 0) is 11.3 Å². The number of hydrogen-bond donors (Lipinski definition) is 2. The van der Waals surface area contributed by atoms with Crippen LogP contribution in [0.25, 0.3) is 0 Å². The first-order valence-corrected chi connectivity index (χ1v) is 8.09. The van der Waals surface area contributed by atoms with Crippen molar-refractivity contribution in [2.75, 3.05) is 11.9 Å². The van der Waals surface area contributed by atoms with E-state index < -0.39 is 5.97 Å². The second-order valence-corrected chi connectivity index (χ2v) is 5.63. The zero-order valence-corrected chi connectivity index (χ0v) is 14.9. The van der Waals surface area contributed by atoms with Crippen LogP contribution in [-0.4, -0.2) is 27.7 Å². The Morgan fingerprint density at radius 2 is 2.12 bits per heavy atom. The highest BCUT2D eigenvalue weighted by atomic mass is 35.5. The van der Waals surface area contributed by atoms with E-state index in [0.717, 1.165) is 5.56 Å². The molecule has 2 rings (SSSR count). The number of carbonyl (C=O) groups is 1. The number of benzene rings is 1. The number of thiocarbonyl (C=S) groups is 1. The topological polar surface area (TPSA) is 76.1 Å². The summed E-state index contributed by atoms with van der Waals surface area (Å²) >= 11 is 11.3. The van der Waals surface area contributed by atoms with Crippen LogP contribution >= 0.6 is 23.8 Å². The molecular weight excluding hydrogens is 348 g/mol. The van der Waals surface area contributed by atoms with Gasteiger partial charge < -0.3 is 15.4 Å². The van der Waals surface area contributed by atoms with Gasteiger partial charge in [0.2, 0.25) is 5.95 Å². The summed E-state index contributed by atoms with van der Waals surface area (Å²) in [4.78, 5) is 20.0. The lowest BCUT2D eigenvalue weighted by atomic mass is 10.2. The molecule has 0 atom stereocenters. The molecule has 2 aromatic rings. The minimum atomic E-state index is -0.444. The van der Waals surface area contributed by atoms with E-state index in [1.54, 1.807) is 13.8 Å². The first-order chi connectivity index (χ1) is 11.5. The number of rotatable bonds is 5. The molecule has 126 valence electrons. The van der Waals surface area contributed by atoms with E-state index in [1.165, 1.54) is 6.20 Å². The minimum absolute atomic E-state index is 0.300. The minimum Gasteiger partial charge on any atom is -0.462 e. The van der Waals surface area contributed by atoms with Gasteiger partial charge >= 0.3 is 5.97 Å². The molecule has 0 amide bonds. The Balaban J connectivity index is 1.96. The molecule has 1 aromatic heterocycles. The van der Waals surface area contributed by atoms with Gasteiger partial charge in [0.15, 0.2) is 5.11 Å². The third kappa shape index (κ3) is 4.87. The van der Waals surface area contributed by atoms with Gasteiger partial charge in [0.25, 0.3) is 0 Å². The lowest BCUT2D eigenvalue weighted by molar-refractivity contribution is 0.0524. The van der Waals surface area contributed by atoms with Crippen LogP contribution in [0.4, 0.5) is 5.95 Å². The average molecular weight is 365 g/mol. The third-order valence-electron chi connectivity index (χ3n) is 3.10. The Morgan fingerprint density at radius 3 is 2.79 bits per heavy atom. The highest BCUT2D eigenvalue weighted by molar-refractivity contribution is 7.80. The first-order valence-electron chi connectivity index (χ1n) is 7.30. The number of nitrogens with zero attached hydrogens (tertiary/aromatic N) is 2. The van der Waals surface area contributed by atoms with E-state index in [2.05, 4.69) is 20.6 Å². The molecule has 1 aromatic carbocycles. The van der Waals surface area contributed by atoms with E-state index in [-0.39, 0.29) is 0 Å². The second kappa shape index (κ2) is 8.56. The normalized spacial score (nSPS) is 10.1. The molecule has 0 aliphatic carbocycles. The molecule has 0 aliphatic rings. The van der Waals surface area contributed by atoms with Crippen LogP contribution in [0.1, 0.15) is 28.5 Å². The largest absolute Gasteiger partial charge is 0.462 e. The fourth-order valence-corrected chi connectivity index (χ4v) is 2.27. The molecule has 2 N–H and O–H groups in total. The maximum atomic E-state index is 11.7. The Kier molecular flexibility index (Phi) is 6.45. The molecule has 0 unspecified atom stereocenters. The van der Waals surface area contributed by atoms with Crippen molar-refractivity contribution in [2.45, 2.75) is 20.4 Å². The maximum absolute atomic E-state index is 11.7. The van der Waals surface area contributed by atoms with Gasteiger partial charge in [-0.05, 0) is 37.7 Å². The summed E-state index contributed by atoms with van der Waals surface area (Å²) in [5.41, 5.74) is 1.77. The standard InChI is InChI=1S/C16H17ClN4O2S/c1-3-23-14(22)12-9-18-15(20-10(12)2)21-16(24)19-8-11-6-4-5-7-13(11)17/h4-7,9H,3,8H2,1-2H3,(H2,18,19,20,21,24). The molecule has 6 nitrogen and oxygen atoms in total. The Morgan fingerprint density at radius 1 is 1.38 bits per heavy atom. The molecule has 0 spiro atoms. The number of esters is 1. The molecule has 0 fully saturated rings. The molecule has 0 saturated heterocycles. The quantitative estimate of drug-likeness (QED) is 0.623. The molecule has 0 aliphatic heterocycles. The fourth-order valence-electron chi connectivity index (χ4n) is 1.90. The zero-order chi connectivity index (χ0) is 17.5. The molecule has 0 radical (unpaired) electrons. The van der Waals surface area contributed by atoms with Gasteiger partial charge in [-0.3, -0.25) is 0 Å². The van der Waals surface area contributed by atoms with Crippen LogP contribution in [0, 0.1) is 6.92 Å². The van der Waals surface area contributed by atoms with E-state index in [4.69, 9.17) is 28.6 Å². The van der Waals surface area contributed by atoms with Crippen molar-refractivity contribution >= 4 is 40.8 Å². The monoisotopic (exact) mass is 364 g/mol. The van der Waals surface area contributed by atoms with Gasteiger partial charge in [0.1, 0.15) is 0 Å². The molecule has 1 heterocycles. The summed E-state index contributed by atoms with van der Waals surface area (Å²) in [5, 5.41) is 6.93. The number of nitrogens with one attached hydrogen (secondary N) is 2. The number of aromatic nitrogens is 2. The number of anilines is 1. The van der Waals surface area contributed by atoms with Crippen LogP contribution < -0.4 is 10.6 Å². The number of carbonyl (C=O) groups excluding carboxylic acids is 1. The maximum Gasteiger partial charge on any atom is 0.341 e. The van der Waals surface area contributed by atoms with Crippen molar-refractivity contribution in [3.8, 4) is 0 Å². The van der Waals surface area contributed by atoms with Crippen molar-refractivity contribution in [3.05, 3.63) is 52.3 Å². The summed E-state index contributed by atoms with van der Waals surface area (Å²) in [7, 11) is 0. The second-order valence-electron chi connectivity index (χ2n) is 4.81. The van der Waals surface area contributed by atoms with Gasteiger partial charge in [-0.2, -0.15) is 0 Å². The predicted molar refractivity (Wildman–Crippen MR) is 97.2 cm³/mol. The molecular formula is C16H17ClN4O2S. The van der Waals surface area contributed by atoms with Gasteiger partial charge in [-0.1, -0.05) is 29.8 Å². The van der Waals surface area contributed by atoms with Crippen molar-refractivity contribution in [2.24, 2.45) is 0 Å². The van der Waals surface area contributed by atoms with E-state index >= 15 is 0 Å². The summed E-state index contributed by atoms with van der Waals surface area (Å²) < 4.78 is 4.94. The highest BCUT2D eigenvalue weighted by Gasteiger charge is 2.13. The van der Waals surface area contributed by atoms with E-state index in [0.29, 0.717) is 40.5 Å².